The maximum atomic E-state index is 11.5. The van der Waals surface area contributed by atoms with Crippen molar-refractivity contribution in [1.29, 1.82) is 0 Å². The Morgan fingerprint density at radius 2 is 1.16 bits per heavy atom. The molecule has 3 aromatic carbocycles. The number of nitrogens with one attached hydrogen (secondary N) is 1. The highest BCUT2D eigenvalue weighted by Gasteiger charge is 2.32. The maximum absolute atomic E-state index is 11.5. The van der Waals surface area contributed by atoms with Gasteiger partial charge < -0.3 is 5.11 Å². The number of aliphatic hydroxyl groups excluding tert-OH is 1. The molecular formula is C20H19N5O7. The summed E-state index contributed by atoms with van der Waals surface area (Å²) in [6.45, 7) is 1.93. The lowest BCUT2D eigenvalue weighted by Gasteiger charge is -2.26. The second-order valence-electron chi connectivity index (χ2n) is 6.06. The molecule has 0 radical (unpaired) electrons. The highest BCUT2D eigenvalue weighted by molar-refractivity contribution is 5.81. The van der Waals surface area contributed by atoms with Crippen molar-refractivity contribution < 1.29 is 19.9 Å². The smallest absolute Gasteiger partial charge is 0.308 e. The molecule has 3 rings (SSSR count). The number of benzene rings is 3. The lowest BCUT2D eigenvalue weighted by molar-refractivity contribution is -0.401. The Kier molecular flexibility index (Phi) is 8.14. The third-order valence-corrected chi connectivity index (χ3v) is 3.94. The molecule has 0 bridgehead atoms. The van der Waals surface area contributed by atoms with Gasteiger partial charge in [-0.25, -0.2) is 0 Å². The molecule has 0 saturated heterocycles. The fourth-order valence-corrected chi connectivity index (χ4v) is 2.65. The summed E-state index contributed by atoms with van der Waals surface area (Å²) in [6.07, 6.45) is 0. The van der Waals surface area contributed by atoms with E-state index < -0.39 is 37.5 Å². The Balaban J connectivity index is 0.00000114. The van der Waals surface area contributed by atoms with Crippen molar-refractivity contribution in [1.82, 2.24) is 0 Å². The van der Waals surface area contributed by atoms with Gasteiger partial charge >= 0.3 is 11.4 Å². The van der Waals surface area contributed by atoms with Crippen molar-refractivity contribution in [2.45, 2.75) is 6.92 Å². The summed E-state index contributed by atoms with van der Waals surface area (Å²) in [4.78, 5) is 31.4. The molecular weight excluding hydrogens is 422 g/mol. The van der Waals surface area contributed by atoms with Crippen LogP contribution >= 0.6 is 0 Å². The largest absolute Gasteiger partial charge is 0.397 e. The average molecular weight is 441 g/mol. The van der Waals surface area contributed by atoms with E-state index in [2.05, 4.69) is 5.43 Å². The summed E-state index contributed by atoms with van der Waals surface area (Å²) >= 11 is 0. The SMILES string of the molecule is CCO.O=[N+]([O-])c1cc([N+](=O)[O-])c(NN(c2ccccc2)c2ccccc2)c([N+](=O)[O-])c1. The molecule has 0 fully saturated rings. The highest BCUT2D eigenvalue weighted by Crippen LogP contribution is 2.40. The summed E-state index contributed by atoms with van der Waals surface area (Å²) in [5.74, 6) is 0. The zero-order valence-corrected chi connectivity index (χ0v) is 16.8. The van der Waals surface area contributed by atoms with Gasteiger partial charge in [-0.3, -0.25) is 40.8 Å². The van der Waals surface area contributed by atoms with Crippen LogP contribution in [0.4, 0.5) is 34.1 Å². The number of aliphatic hydroxyl groups is 1. The fraction of sp³-hybridized carbons (Fsp3) is 0.100. The molecule has 12 heteroatoms. The number of nitro groups is 3. The van der Waals surface area contributed by atoms with Gasteiger partial charge in [0.05, 0.1) is 38.3 Å². The molecule has 0 heterocycles. The third-order valence-electron chi connectivity index (χ3n) is 3.94. The number of non-ortho nitro benzene ring substituents is 1. The quantitative estimate of drug-likeness (QED) is 0.394. The van der Waals surface area contributed by atoms with Gasteiger partial charge in [0.25, 0.3) is 5.69 Å². The minimum absolute atomic E-state index is 0.250. The van der Waals surface area contributed by atoms with E-state index in [4.69, 9.17) is 5.11 Å². The first-order chi connectivity index (χ1) is 15.3. The van der Waals surface area contributed by atoms with E-state index in [9.17, 15) is 30.3 Å². The first-order valence-electron chi connectivity index (χ1n) is 9.19. The monoisotopic (exact) mass is 441 g/mol. The van der Waals surface area contributed by atoms with E-state index in [-0.39, 0.29) is 6.61 Å². The van der Waals surface area contributed by atoms with Crippen molar-refractivity contribution in [3.05, 3.63) is 103 Å². The Bertz CT molecular complexity index is 1020. The molecule has 0 spiro atoms. The van der Waals surface area contributed by atoms with Gasteiger partial charge in [-0.15, -0.1) is 0 Å². The number of rotatable bonds is 7. The second kappa shape index (κ2) is 11.0. The Labute approximate surface area is 181 Å². The minimum Gasteiger partial charge on any atom is -0.397 e. The summed E-state index contributed by atoms with van der Waals surface area (Å²) < 4.78 is 0. The summed E-state index contributed by atoms with van der Waals surface area (Å²) in [6, 6.07) is 18.6. The van der Waals surface area contributed by atoms with E-state index in [1.807, 2.05) is 0 Å². The summed E-state index contributed by atoms with van der Waals surface area (Å²) in [5, 5.41) is 43.1. The minimum atomic E-state index is -0.921. The van der Waals surface area contributed by atoms with Crippen LogP contribution < -0.4 is 10.4 Å². The van der Waals surface area contributed by atoms with Crippen LogP contribution in [-0.4, -0.2) is 26.5 Å². The lowest BCUT2D eigenvalue weighted by atomic mass is 10.2. The van der Waals surface area contributed by atoms with E-state index in [0.29, 0.717) is 23.5 Å². The highest BCUT2D eigenvalue weighted by atomic mass is 16.6. The fourth-order valence-electron chi connectivity index (χ4n) is 2.65. The molecule has 0 atom stereocenters. The van der Waals surface area contributed by atoms with Gasteiger partial charge in [0.1, 0.15) is 0 Å². The van der Waals surface area contributed by atoms with Crippen LogP contribution in [0.3, 0.4) is 0 Å². The topological polar surface area (TPSA) is 165 Å². The maximum Gasteiger partial charge on any atom is 0.308 e. The van der Waals surface area contributed by atoms with Crippen molar-refractivity contribution >= 4 is 34.1 Å². The third kappa shape index (κ3) is 5.73. The molecule has 3 aromatic rings. The zero-order valence-electron chi connectivity index (χ0n) is 16.8. The van der Waals surface area contributed by atoms with Gasteiger partial charge in [-0.1, -0.05) is 36.4 Å². The van der Waals surface area contributed by atoms with Crippen molar-refractivity contribution in [2.75, 3.05) is 17.0 Å². The summed E-state index contributed by atoms with van der Waals surface area (Å²) in [5.41, 5.74) is 0.987. The zero-order chi connectivity index (χ0) is 23.7. The van der Waals surface area contributed by atoms with Crippen LogP contribution in [0.15, 0.2) is 72.8 Å². The van der Waals surface area contributed by atoms with Crippen LogP contribution in [0.25, 0.3) is 0 Å². The van der Waals surface area contributed by atoms with Gasteiger partial charge in [0.15, 0.2) is 0 Å². The average Bonchev–Trinajstić information content (AvgIpc) is 2.78. The first-order valence-corrected chi connectivity index (χ1v) is 9.19. The normalized spacial score (nSPS) is 9.81. The van der Waals surface area contributed by atoms with Gasteiger partial charge in [-0.05, 0) is 31.2 Å². The first kappa shape index (κ1) is 23.7. The molecule has 0 amide bonds. The van der Waals surface area contributed by atoms with Crippen LogP contribution in [0.1, 0.15) is 6.92 Å². The molecule has 32 heavy (non-hydrogen) atoms. The number of hydrazine groups is 1. The van der Waals surface area contributed by atoms with Crippen molar-refractivity contribution in [3.63, 3.8) is 0 Å². The molecule has 0 saturated carbocycles. The predicted molar refractivity (Wildman–Crippen MR) is 118 cm³/mol. The number of hydrogen-bond acceptors (Lipinski definition) is 9. The van der Waals surface area contributed by atoms with E-state index in [0.717, 1.165) is 0 Å². The Morgan fingerprint density at radius 3 is 1.47 bits per heavy atom. The molecule has 0 aliphatic carbocycles. The molecule has 0 unspecified atom stereocenters. The summed E-state index contributed by atoms with van der Waals surface area (Å²) in [7, 11) is 0. The molecule has 166 valence electrons. The lowest BCUT2D eigenvalue weighted by Crippen LogP contribution is -2.25. The number of para-hydroxylation sites is 2. The number of hydrogen-bond donors (Lipinski definition) is 2. The van der Waals surface area contributed by atoms with E-state index >= 15 is 0 Å². The van der Waals surface area contributed by atoms with Gasteiger partial charge in [0.2, 0.25) is 5.69 Å². The van der Waals surface area contributed by atoms with E-state index in [1.165, 1.54) is 5.01 Å². The van der Waals surface area contributed by atoms with Crippen molar-refractivity contribution in [3.8, 4) is 0 Å². The Morgan fingerprint density at radius 1 is 0.781 bits per heavy atom. The molecule has 0 aliphatic heterocycles. The van der Waals surface area contributed by atoms with Crippen LogP contribution in [-0.2, 0) is 0 Å². The van der Waals surface area contributed by atoms with Gasteiger partial charge in [-0.2, -0.15) is 0 Å². The second-order valence-corrected chi connectivity index (χ2v) is 6.06. The number of nitro benzene ring substituents is 3. The number of nitrogens with zero attached hydrogens (tertiary/aromatic N) is 4. The number of anilines is 3. The van der Waals surface area contributed by atoms with Crippen LogP contribution in [0.2, 0.25) is 0 Å². The standard InChI is InChI=1S/C18H13N5O6.C2H6O/c24-21(25)15-11-16(22(26)27)18(17(12-15)23(28)29)19-20(13-7-3-1-4-8-13)14-9-5-2-6-10-14;1-2-3/h1-12,19H;3H,2H2,1H3. The predicted octanol–water partition coefficient (Wildman–Crippen LogP) is 4.58. The van der Waals surface area contributed by atoms with E-state index in [1.54, 1.807) is 67.6 Å². The van der Waals surface area contributed by atoms with Gasteiger partial charge in [0, 0.05) is 6.61 Å². The molecule has 12 nitrogen and oxygen atoms in total. The molecule has 0 aromatic heterocycles. The molecule has 2 N–H and O–H groups in total. The van der Waals surface area contributed by atoms with Crippen molar-refractivity contribution in [2.24, 2.45) is 0 Å². The van der Waals surface area contributed by atoms with Crippen LogP contribution in [0.5, 0.6) is 0 Å². The Hall–Kier alpha value is -4.58. The molecule has 0 aliphatic rings. The van der Waals surface area contributed by atoms with Crippen LogP contribution in [0, 0.1) is 30.3 Å².